The molecule has 0 radical (unpaired) electrons. The summed E-state index contributed by atoms with van der Waals surface area (Å²) in [5, 5.41) is 9.37. The van der Waals surface area contributed by atoms with Crippen molar-refractivity contribution in [3.8, 4) is 0 Å². The number of fused-ring (bicyclic) bond motifs is 1. The fraction of sp³-hybridized carbons (Fsp3) is 0.188. The fourth-order valence-electron chi connectivity index (χ4n) is 4.63. The van der Waals surface area contributed by atoms with Crippen LogP contribution in [0.15, 0.2) is 121 Å². The molecule has 5 rings (SSSR count). The Morgan fingerprint density at radius 1 is 0.583 bits per heavy atom. The highest BCUT2D eigenvalue weighted by molar-refractivity contribution is 7.85. The standard InChI is InChI=1S/C32H33NP2S/c1-2-3-4-14-25-33(34(28-17-8-5-9-18-28)29-19-10-6-11-20-29)35(30-21-12-7-13-22-30)31-23-15-16-27-24-26-36-32(27)31/h5-13,15-24,26H,2-4,14,25H2,1H3. The summed E-state index contributed by atoms with van der Waals surface area (Å²) in [6.07, 6.45) is 5.06. The molecule has 182 valence electrons. The van der Waals surface area contributed by atoms with Crippen LogP contribution < -0.4 is 21.2 Å². The Balaban J connectivity index is 1.71. The number of unbranched alkanes of at least 4 members (excludes halogenated alkanes) is 3. The van der Waals surface area contributed by atoms with Crippen LogP contribution in [0.4, 0.5) is 0 Å². The average Bonchev–Trinajstić information content (AvgIpc) is 3.43. The van der Waals surface area contributed by atoms with E-state index >= 15 is 0 Å². The average molecular weight is 526 g/mol. The number of hydrogen-bond acceptors (Lipinski definition) is 2. The molecular weight excluding hydrogens is 492 g/mol. The monoisotopic (exact) mass is 525 g/mol. The molecule has 0 fully saturated rings. The molecule has 0 N–H and O–H groups in total. The molecule has 1 unspecified atom stereocenters. The van der Waals surface area contributed by atoms with E-state index in [9.17, 15) is 0 Å². The molecule has 1 aromatic heterocycles. The van der Waals surface area contributed by atoms with Crippen molar-refractivity contribution in [1.82, 2.24) is 4.44 Å². The highest BCUT2D eigenvalue weighted by atomic mass is 32.1. The molecule has 1 heterocycles. The van der Waals surface area contributed by atoms with Crippen LogP contribution >= 0.6 is 27.5 Å². The lowest BCUT2D eigenvalue weighted by Crippen LogP contribution is -2.32. The van der Waals surface area contributed by atoms with Crippen molar-refractivity contribution in [3.63, 3.8) is 0 Å². The van der Waals surface area contributed by atoms with E-state index in [4.69, 9.17) is 0 Å². The fourth-order valence-corrected chi connectivity index (χ4v) is 12.0. The van der Waals surface area contributed by atoms with Gasteiger partial charge in [0.1, 0.15) is 0 Å². The van der Waals surface area contributed by atoms with Crippen LogP contribution in [0, 0.1) is 0 Å². The minimum absolute atomic E-state index is 0.696. The zero-order chi connectivity index (χ0) is 24.6. The third kappa shape index (κ3) is 5.80. The summed E-state index contributed by atoms with van der Waals surface area (Å²) in [6.45, 7) is 3.39. The second-order valence-corrected chi connectivity index (χ2v) is 14.4. The van der Waals surface area contributed by atoms with Gasteiger partial charge in [-0.25, -0.2) is 4.44 Å². The number of thiophene rings is 1. The largest absolute Gasteiger partial charge is 0.245 e. The van der Waals surface area contributed by atoms with Crippen LogP contribution in [0.1, 0.15) is 32.6 Å². The molecular formula is C32H33NP2S. The van der Waals surface area contributed by atoms with E-state index in [0.717, 1.165) is 6.54 Å². The molecule has 0 saturated heterocycles. The van der Waals surface area contributed by atoms with Crippen molar-refractivity contribution in [2.45, 2.75) is 32.6 Å². The van der Waals surface area contributed by atoms with Crippen molar-refractivity contribution in [1.29, 1.82) is 0 Å². The first-order chi connectivity index (χ1) is 17.9. The van der Waals surface area contributed by atoms with Gasteiger partial charge in [-0.3, -0.25) is 0 Å². The van der Waals surface area contributed by atoms with E-state index in [-0.39, 0.29) is 0 Å². The summed E-state index contributed by atoms with van der Waals surface area (Å²) in [6, 6.07) is 42.9. The lowest BCUT2D eigenvalue weighted by atomic mass is 10.2. The van der Waals surface area contributed by atoms with Gasteiger partial charge in [-0.2, -0.15) is 0 Å². The van der Waals surface area contributed by atoms with E-state index in [0.29, 0.717) is 0 Å². The van der Waals surface area contributed by atoms with E-state index in [2.05, 4.69) is 132 Å². The van der Waals surface area contributed by atoms with Gasteiger partial charge in [0.2, 0.25) is 0 Å². The summed E-state index contributed by atoms with van der Waals surface area (Å²) in [4.78, 5) is 0. The van der Waals surface area contributed by atoms with Crippen LogP contribution in [-0.2, 0) is 0 Å². The second-order valence-electron chi connectivity index (χ2n) is 8.90. The normalized spacial score (nSPS) is 12.4. The van der Waals surface area contributed by atoms with Gasteiger partial charge in [0, 0.05) is 32.7 Å². The molecule has 0 saturated carbocycles. The Bertz CT molecular complexity index is 1300. The van der Waals surface area contributed by atoms with E-state index in [1.54, 1.807) is 0 Å². The molecule has 4 heteroatoms. The van der Waals surface area contributed by atoms with Crippen molar-refractivity contribution >= 4 is 58.8 Å². The molecule has 36 heavy (non-hydrogen) atoms. The molecule has 0 spiro atoms. The topological polar surface area (TPSA) is 3.24 Å². The summed E-state index contributed by atoms with van der Waals surface area (Å²) in [7, 11) is -1.42. The van der Waals surface area contributed by atoms with Crippen LogP contribution in [0.2, 0.25) is 0 Å². The molecule has 1 nitrogen and oxygen atoms in total. The Hall–Kier alpha value is -2.34. The van der Waals surface area contributed by atoms with Crippen LogP contribution in [0.5, 0.6) is 0 Å². The van der Waals surface area contributed by atoms with Crippen molar-refractivity contribution in [2.24, 2.45) is 0 Å². The minimum Gasteiger partial charge on any atom is -0.245 e. The van der Waals surface area contributed by atoms with E-state index < -0.39 is 16.1 Å². The summed E-state index contributed by atoms with van der Waals surface area (Å²) in [5.41, 5.74) is 0. The first-order valence-corrected chi connectivity index (χ1v) is 16.3. The Morgan fingerprint density at radius 2 is 1.17 bits per heavy atom. The second kappa shape index (κ2) is 12.8. The third-order valence-corrected chi connectivity index (χ3v) is 13.1. The maximum atomic E-state index is 2.90. The van der Waals surface area contributed by atoms with Gasteiger partial charge < -0.3 is 0 Å². The Kier molecular flexibility index (Phi) is 8.97. The summed E-state index contributed by atoms with van der Waals surface area (Å²) in [5.74, 6) is 0. The number of nitrogens with zero attached hydrogens (tertiary/aromatic N) is 1. The first kappa shape index (κ1) is 25.3. The predicted octanol–water partition coefficient (Wildman–Crippen LogP) is 8.18. The van der Waals surface area contributed by atoms with Gasteiger partial charge in [-0.05, 0) is 39.2 Å². The maximum Gasteiger partial charge on any atom is 0.0435 e. The zero-order valence-corrected chi connectivity index (χ0v) is 23.4. The smallest absolute Gasteiger partial charge is 0.0435 e. The lowest BCUT2D eigenvalue weighted by molar-refractivity contribution is 0.596. The van der Waals surface area contributed by atoms with E-state index in [1.165, 1.54) is 57.0 Å². The number of benzene rings is 4. The quantitative estimate of drug-likeness (QED) is 0.124. The lowest BCUT2D eigenvalue weighted by Gasteiger charge is -2.39. The van der Waals surface area contributed by atoms with Gasteiger partial charge in [0.25, 0.3) is 0 Å². The summed E-state index contributed by atoms with van der Waals surface area (Å²) >= 11 is 1.89. The molecule has 1 atom stereocenters. The van der Waals surface area contributed by atoms with Crippen molar-refractivity contribution in [3.05, 3.63) is 121 Å². The SMILES string of the molecule is CCCCCCN(P(c1ccccc1)c1ccccc1)P(c1ccccc1)c1cccc2ccsc12. The molecule has 0 bridgehead atoms. The number of rotatable bonds is 11. The van der Waals surface area contributed by atoms with Crippen LogP contribution in [0.3, 0.4) is 0 Å². The Labute approximate surface area is 222 Å². The molecule has 0 aliphatic carbocycles. The molecule has 5 aromatic rings. The van der Waals surface area contributed by atoms with E-state index in [1.807, 2.05) is 11.3 Å². The van der Waals surface area contributed by atoms with Gasteiger partial charge >= 0.3 is 0 Å². The molecule has 0 aliphatic rings. The third-order valence-electron chi connectivity index (χ3n) is 6.36. The number of hydrogen-bond donors (Lipinski definition) is 0. The van der Waals surface area contributed by atoms with Gasteiger partial charge in [-0.15, -0.1) is 11.3 Å². The van der Waals surface area contributed by atoms with Crippen LogP contribution in [-0.4, -0.2) is 11.0 Å². The molecule has 0 aliphatic heterocycles. The zero-order valence-electron chi connectivity index (χ0n) is 20.8. The Morgan fingerprint density at radius 3 is 1.75 bits per heavy atom. The maximum absolute atomic E-state index is 2.90. The highest BCUT2D eigenvalue weighted by Crippen LogP contribution is 2.55. The molecule has 0 amide bonds. The van der Waals surface area contributed by atoms with Crippen LogP contribution in [0.25, 0.3) is 10.1 Å². The minimum atomic E-state index is -0.723. The first-order valence-electron chi connectivity index (χ1n) is 12.9. The van der Waals surface area contributed by atoms with Gasteiger partial charge in [-0.1, -0.05) is 135 Å². The highest BCUT2D eigenvalue weighted by Gasteiger charge is 2.32. The predicted molar refractivity (Wildman–Crippen MR) is 164 cm³/mol. The van der Waals surface area contributed by atoms with Crippen molar-refractivity contribution < 1.29 is 0 Å². The summed E-state index contributed by atoms with van der Waals surface area (Å²) < 4.78 is 4.33. The van der Waals surface area contributed by atoms with Gasteiger partial charge in [0.05, 0.1) is 0 Å². The molecule has 4 aromatic carbocycles. The van der Waals surface area contributed by atoms with Crippen molar-refractivity contribution in [2.75, 3.05) is 6.54 Å². The van der Waals surface area contributed by atoms with Gasteiger partial charge in [0.15, 0.2) is 0 Å².